The summed E-state index contributed by atoms with van der Waals surface area (Å²) in [7, 11) is 5.90. The van der Waals surface area contributed by atoms with Crippen LogP contribution in [0.25, 0.3) is 10.9 Å². The van der Waals surface area contributed by atoms with Crippen molar-refractivity contribution in [3.8, 4) is 0 Å². The van der Waals surface area contributed by atoms with E-state index in [-0.39, 0.29) is 24.0 Å². The zero-order chi connectivity index (χ0) is 19.2. The van der Waals surface area contributed by atoms with Crippen molar-refractivity contribution in [3.63, 3.8) is 0 Å². The lowest BCUT2D eigenvalue weighted by Crippen LogP contribution is -2.46. The van der Waals surface area contributed by atoms with Gasteiger partial charge in [0.15, 0.2) is 5.96 Å². The second kappa shape index (κ2) is 10.8. The number of hydrogen-bond donors (Lipinski definition) is 1. The van der Waals surface area contributed by atoms with E-state index in [4.69, 9.17) is 9.72 Å². The first kappa shape index (κ1) is 22.7. The van der Waals surface area contributed by atoms with Gasteiger partial charge in [0.25, 0.3) is 0 Å². The van der Waals surface area contributed by atoms with E-state index in [1.165, 1.54) is 10.9 Å². The molecule has 1 aromatic heterocycles. The number of aliphatic imine (C=N–C) groups is 1. The number of anilines is 1. The Hall–Kier alpha value is -1.61. The number of hydrogen-bond acceptors (Lipinski definition) is 4. The molecule has 0 atom stereocenters. The average molecular weight is 497 g/mol. The number of fused-ring (bicyclic) bond motifs is 1. The topological polar surface area (TPSA) is 53.0 Å². The normalized spacial score (nSPS) is 15.4. The first-order chi connectivity index (χ1) is 13.1. The Balaban J connectivity index is 0.00000280. The average Bonchev–Trinajstić information content (AvgIpc) is 2.69. The largest absolute Gasteiger partial charge is 0.378 e. The molecule has 2 heterocycles. The lowest BCUT2D eigenvalue weighted by Gasteiger charge is -2.34. The highest BCUT2D eigenvalue weighted by molar-refractivity contribution is 14.0. The Bertz CT molecular complexity index is 787. The second-order valence-electron chi connectivity index (χ2n) is 7.09. The van der Waals surface area contributed by atoms with Gasteiger partial charge < -0.3 is 19.9 Å². The van der Waals surface area contributed by atoms with Gasteiger partial charge in [-0.1, -0.05) is 18.2 Å². The van der Waals surface area contributed by atoms with Crippen LogP contribution in [-0.4, -0.2) is 62.8 Å². The molecule has 1 N–H and O–H groups in total. The fourth-order valence-electron chi connectivity index (χ4n) is 3.58. The first-order valence-electron chi connectivity index (χ1n) is 9.75. The zero-order valence-corrected chi connectivity index (χ0v) is 19.6. The number of ether oxygens (including phenoxy) is 1. The molecule has 0 amide bonds. The molecule has 1 aliphatic heterocycles. The van der Waals surface area contributed by atoms with Gasteiger partial charge in [-0.05, 0) is 37.5 Å². The molecule has 0 aliphatic carbocycles. The highest BCUT2D eigenvalue weighted by Crippen LogP contribution is 2.22. The summed E-state index contributed by atoms with van der Waals surface area (Å²) in [5.41, 5.74) is 2.25. The van der Waals surface area contributed by atoms with E-state index < -0.39 is 0 Å². The summed E-state index contributed by atoms with van der Waals surface area (Å²) in [6, 6.07) is 10.5. The van der Waals surface area contributed by atoms with E-state index in [0.29, 0.717) is 6.10 Å². The fourth-order valence-corrected chi connectivity index (χ4v) is 3.58. The Labute approximate surface area is 185 Å². The summed E-state index contributed by atoms with van der Waals surface area (Å²) < 4.78 is 5.76. The number of para-hydroxylation sites is 1. The maximum atomic E-state index is 5.76. The van der Waals surface area contributed by atoms with Gasteiger partial charge in [-0.3, -0.25) is 4.99 Å². The summed E-state index contributed by atoms with van der Waals surface area (Å²) in [6.07, 6.45) is 2.49. The molecule has 1 fully saturated rings. The van der Waals surface area contributed by atoms with Crippen LogP contribution in [0.3, 0.4) is 0 Å². The van der Waals surface area contributed by atoms with Crippen molar-refractivity contribution >= 4 is 46.7 Å². The van der Waals surface area contributed by atoms with Crippen LogP contribution in [0.1, 0.15) is 25.3 Å². The molecular weight excluding hydrogens is 465 g/mol. The van der Waals surface area contributed by atoms with Crippen molar-refractivity contribution in [2.45, 2.75) is 32.4 Å². The summed E-state index contributed by atoms with van der Waals surface area (Å²) in [4.78, 5) is 13.6. The van der Waals surface area contributed by atoms with Crippen molar-refractivity contribution in [1.82, 2.24) is 15.2 Å². The third-order valence-electron chi connectivity index (χ3n) is 5.04. The number of nitrogens with one attached hydrogen (secondary N) is 1. The van der Waals surface area contributed by atoms with Crippen LogP contribution in [0.15, 0.2) is 35.3 Å². The number of pyridine rings is 1. The van der Waals surface area contributed by atoms with Crippen LogP contribution in [0.5, 0.6) is 0 Å². The van der Waals surface area contributed by atoms with Crippen molar-refractivity contribution in [1.29, 1.82) is 0 Å². The minimum atomic E-state index is 0. The maximum absolute atomic E-state index is 5.76. The van der Waals surface area contributed by atoms with E-state index in [2.05, 4.69) is 46.4 Å². The zero-order valence-electron chi connectivity index (χ0n) is 17.3. The van der Waals surface area contributed by atoms with Crippen LogP contribution in [0.4, 0.5) is 5.82 Å². The summed E-state index contributed by atoms with van der Waals surface area (Å²) in [5.74, 6) is 1.93. The molecule has 28 heavy (non-hydrogen) atoms. The van der Waals surface area contributed by atoms with Crippen molar-refractivity contribution in [2.24, 2.45) is 4.99 Å². The van der Waals surface area contributed by atoms with Crippen LogP contribution in [0.2, 0.25) is 0 Å². The Morgan fingerprint density at radius 1 is 1.29 bits per heavy atom. The van der Waals surface area contributed by atoms with Crippen LogP contribution in [-0.2, 0) is 11.3 Å². The molecule has 6 nitrogen and oxygen atoms in total. The Kier molecular flexibility index (Phi) is 8.75. The number of rotatable bonds is 5. The predicted octanol–water partition coefficient (Wildman–Crippen LogP) is 3.50. The number of piperidine rings is 1. The fraction of sp³-hybridized carbons (Fsp3) is 0.524. The molecule has 1 aliphatic rings. The number of likely N-dealkylation sites (tertiary alicyclic amines) is 1. The Morgan fingerprint density at radius 2 is 2.00 bits per heavy atom. The third kappa shape index (κ3) is 5.47. The van der Waals surface area contributed by atoms with Gasteiger partial charge in [0.05, 0.1) is 11.6 Å². The van der Waals surface area contributed by atoms with Crippen molar-refractivity contribution in [3.05, 3.63) is 35.9 Å². The highest BCUT2D eigenvalue weighted by atomic mass is 127. The number of guanidine groups is 1. The molecule has 1 saturated heterocycles. The standard InChI is InChI=1S/C21H31N5O.HI/c1-5-27-17-10-12-26(13-11-17)21(22-2)23-15-16-14-20(25(3)4)24-19-9-7-6-8-18(16)19;/h6-9,14,17H,5,10-13,15H2,1-4H3,(H,22,23);1H. The molecule has 0 saturated carbocycles. The lowest BCUT2D eigenvalue weighted by atomic mass is 10.1. The quantitative estimate of drug-likeness (QED) is 0.390. The van der Waals surface area contributed by atoms with Gasteiger partial charge in [-0.2, -0.15) is 0 Å². The second-order valence-corrected chi connectivity index (χ2v) is 7.09. The minimum absolute atomic E-state index is 0. The molecule has 1 aromatic carbocycles. The molecule has 2 aromatic rings. The third-order valence-corrected chi connectivity index (χ3v) is 5.04. The predicted molar refractivity (Wildman–Crippen MR) is 128 cm³/mol. The SMILES string of the molecule is CCOC1CCN(C(=NC)NCc2cc(N(C)C)nc3ccccc23)CC1.I. The molecule has 0 unspecified atom stereocenters. The molecule has 0 radical (unpaired) electrons. The van der Waals surface area contributed by atoms with Crippen LogP contribution < -0.4 is 10.2 Å². The smallest absolute Gasteiger partial charge is 0.193 e. The van der Waals surface area contributed by atoms with Gasteiger partial charge >= 0.3 is 0 Å². The molecule has 7 heteroatoms. The minimum Gasteiger partial charge on any atom is -0.378 e. The molecular formula is C21H32IN5O. The molecule has 0 bridgehead atoms. The van der Waals surface area contributed by atoms with E-state index in [0.717, 1.165) is 56.4 Å². The van der Waals surface area contributed by atoms with Crippen molar-refractivity contribution < 1.29 is 4.74 Å². The van der Waals surface area contributed by atoms with Crippen LogP contribution in [0, 0.1) is 0 Å². The van der Waals surface area contributed by atoms with Crippen molar-refractivity contribution in [2.75, 3.05) is 45.7 Å². The van der Waals surface area contributed by atoms with E-state index in [1.54, 1.807) is 0 Å². The molecule has 154 valence electrons. The summed E-state index contributed by atoms with van der Waals surface area (Å²) in [6.45, 7) is 5.53. The van der Waals surface area contributed by atoms with Gasteiger partial charge in [0.1, 0.15) is 5.82 Å². The lowest BCUT2D eigenvalue weighted by molar-refractivity contribution is 0.0263. The van der Waals surface area contributed by atoms with Gasteiger partial charge in [-0.15, -0.1) is 24.0 Å². The molecule has 3 rings (SSSR count). The van der Waals surface area contributed by atoms with Gasteiger partial charge in [0.2, 0.25) is 0 Å². The summed E-state index contributed by atoms with van der Waals surface area (Å²) in [5, 5.41) is 4.73. The van der Waals surface area contributed by atoms with E-state index in [1.807, 2.05) is 32.1 Å². The van der Waals surface area contributed by atoms with Gasteiger partial charge in [-0.25, -0.2) is 4.98 Å². The highest BCUT2D eigenvalue weighted by Gasteiger charge is 2.21. The monoisotopic (exact) mass is 497 g/mol. The number of benzene rings is 1. The number of aromatic nitrogens is 1. The summed E-state index contributed by atoms with van der Waals surface area (Å²) >= 11 is 0. The van der Waals surface area contributed by atoms with Crippen LogP contribution >= 0.6 is 24.0 Å². The van der Waals surface area contributed by atoms with E-state index >= 15 is 0 Å². The number of halogens is 1. The Morgan fingerprint density at radius 3 is 2.64 bits per heavy atom. The van der Waals surface area contributed by atoms with E-state index in [9.17, 15) is 0 Å². The first-order valence-corrected chi connectivity index (χ1v) is 9.75. The maximum Gasteiger partial charge on any atom is 0.193 e. The van der Waals surface area contributed by atoms with Gasteiger partial charge in [0, 0.05) is 52.8 Å². The molecule has 0 spiro atoms. The number of nitrogens with zero attached hydrogens (tertiary/aromatic N) is 4.